The van der Waals surface area contributed by atoms with Gasteiger partial charge in [-0.2, -0.15) is 4.31 Å². The van der Waals surface area contributed by atoms with Gasteiger partial charge in [0.2, 0.25) is 10.0 Å². The summed E-state index contributed by atoms with van der Waals surface area (Å²) in [6.45, 7) is 3.65. The van der Waals surface area contributed by atoms with Crippen LogP contribution in [0.15, 0.2) is 47.4 Å². The van der Waals surface area contributed by atoms with Crippen LogP contribution < -0.4 is 9.64 Å². The standard InChI is InChI=1S/C27H33N3O5S2/c1-3-20-7-4-5-15-30(20)37(32,33)23-12-9-19(10-13-23)26(31)29(18-22-8-6-16-35-22)27-28-24-14-11-21(34-2)17-25(24)36-27/h9-14,17,20,22H,3-8,15-16,18H2,1-2H3. The van der Waals surface area contributed by atoms with E-state index in [-0.39, 0.29) is 22.9 Å². The predicted octanol–water partition coefficient (Wildman–Crippen LogP) is 5.08. The summed E-state index contributed by atoms with van der Waals surface area (Å²) in [6, 6.07) is 12.0. The Bertz CT molecular complexity index is 1350. The third-order valence-corrected chi connectivity index (χ3v) is 10.2. The number of benzene rings is 2. The van der Waals surface area contributed by atoms with E-state index in [1.165, 1.54) is 11.3 Å². The minimum Gasteiger partial charge on any atom is -0.497 e. The number of thiazole rings is 1. The lowest BCUT2D eigenvalue weighted by molar-refractivity contribution is 0.0917. The van der Waals surface area contributed by atoms with E-state index in [4.69, 9.17) is 14.5 Å². The van der Waals surface area contributed by atoms with Gasteiger partial charge >= 0.3 is 0 Å². The third kappa shape index (κ3) is 5.38. The Kier molecular flexibility index (Phi) is 7.80. The van der Waals surface area contributed by atoms with Crippen molar-refractivity contribution in [1.82, 2.24) is 9.29 Å². The lowest BCUT2D eigenvalue weighted by Crippen LogP contribution is -2.43. The van der Waals surface area contributed by atoms with Crippen molar-refractivity contribution >= 4 is 42.6 Å². The molecule has 3 heterocycles. The molecule has 10 heteroatoms. The summed E-state index contributed by atoms with van der Waals surface area (Å²) in [5.41, 5.74) is 1.21. The summed E-state index contributed by atoms with van der Waals surface area (Å²) < 4.78 is 40.5. The summed E-state index contributed by atoms with van der Waals surface area (Å²) in [4.78, 5) is 20.4. The number of rotatable bonds is 8. The van der Waals surface area contributed by atoms with Crippen molar-refractivity contribution in [3.63, 3.8) is 0 Å². The van der Waals surface area contributed by atoms with Gasteiger partial charge in [0.15, 0.2) is 5.13 Å². The molecule has 0 aliphatic carbocycles. The Labute approximate surface area is 222 Å². The maximum Gasteiger partial charge on any atom is 0.260 e. The van der Waals surface area contributed by atoms with Gasteiger partial charge in [-0.25, -0.2) is 13.4 Å². The second-order valence-electron chi connectivity index (χ2n) is 9.58. The highest BCUT2D eigenvalue weighted by Crippen LogP contribution is 2.33. The largest absolute Gasteiger partial charge is 0.497 e. The van der Waals surface area contributed by atoms with Gasteiger partial charge in [0, 0.05) is 24.8 Å². The molecule has 2 aliphatic rings. The second kappa shape index (κ2) is 11.1. The maximum absolute atomic E-state index is 13.7. The van der Waals surface area contributed by atoms with Crippen molar-refractivity contribution in [2.45, 2.75) is 62.5 Å². The van der Waals surface area contributed by atoms with Crippen LogP contribution in [-0.2, 0) is 14.8 Å². The van der Waals surface area contributed by atoms with Gasteiger partial charge in [-0.1, -0.05) is 24.7 Å². The smallest absolute Gasteiger partial charge is 0.260 e. The zero-order valence-corrected chi connectivity index (χ0v) is 22.9. The number of amides is 1. The molecule has 0 N–H and O–H groups in total. The van der Waals surface area contributed by atoms with E-state index in [0.29, 0.717) is 30.4 Å². The van der Waals surface area contributed by atoms with Crippen molar-refractivity contribution < 1.29 is 22.7 Å². The molecule has 2 aromatic carbocycles. The number of methoxy groups -OCH3 is 1. The number of carbonyl (C=O) groups excluding carboxylic acids is 1. The van der Waals surface area contributed by atoms with Crippen molar-refractivity contribution in [2.75, 3.05) is 31.7 Å². The predicted molar refractivity (Wildman–Crippen MR) is 145 cm³/mol. The van der Waals surface area contributed by atoms with Crippen LogP contribution in [0.2, 0.25) is 0 Å². The van der Waals surface area contributed by atoms with Crippen molar-refractivity contribution in [2.24, 2.45) is 0 Å². The number of hydrogen-bond acceptors (Lipinski definition) is 7. The van der Waals surface area contributed by atoms with E-state index >= 15 is 0 Å². The first-order valence-electron chi connectivity index (χ1n) is 12.9. The molecular formula is C27H33N3O5S2. The van der Waals surface area contributed by atoms with Crippen molar-refractivity contribution in [1.29, 1.82) is 0 Å². The molecule has 0 radical (unpaired) electrons. The molecule has 8 nitrogen and oxygen atoms in total. The second-order valence-corrected chi connectivity index (χ2v) is 12.5. The minimum absolute atomic E-state index is 0.0274. The van der Waals surface area contributed by atoms with Crippen LogP contribution in [0.4, 0.5) is 5.13 Å². The van der Waals surface area contributed by atoms with Crippen LogP contribution >= 0.6 is 11.3 Å². The van der Waals surface area contributed by atoms with Gasteiger partial charge in [0.05, 0.1) is 34.9 Å². The average Bonchev–Trinajstić information content (AvgIpc) is 3.60. The topological polar surface area (TPSA) is 89.0 Å². The molecule has 0 bridgehead atoms. The van der Waals surface area contributed by atoms with Crippen LogP contribution in [0.25, 0.3) is 10.2 Å². The van der Waals surface area contributed by atoms with Gasteiger partial charge in [-0.05, 0) is 74.6 Å². The Morgan fingerprint density at radius 1 is 1.16 bits per heavy atom. The van der Waals surface area contributed by atoms with E-state index in [9.17, 15) is 13.2 Å². The molecular weight excluding hydrogens is 510 g/mol. The molecule has 2 fully saturated rings. The zero-order valence-electron chi connectivity index (χ0n) is 21.3. The molecule has 3 aromatic rings. The summed E-state index contributed by atoms with van der Waals surface area (Å²) in [5.74, 6) is 0.505. The number of anilines is 1. The number of sulfonamides is 1. The summed E-state index contributed by atoms with van der Waals surface area (Å²) in [7, 11) is -2.00. The summed E-state index contributed by atoms with van der Waals surface area (Å²) in [5, 5.41) is 0.583. The molecule has 2 saturated heterocycles. The number of nitrogens with zero attached hydrogens (tertiary/aromatic N) is 3. The van der Waals surface area contributed by atoms with Gasteiger partial charge in [-0.3, -0.25) is 9.69 Å². The number of piperidine rings is 1. The molecule has 2 aliphatic heterocycles. The van der Waals surface area contributed by atoms with E-state index in [1.54, 1.807) is 40.6 Å². The molecule has 1 amide bonds. The Morgan fingerprint density at radius 2 is 1.97 bits per heavy atom. The molecule has 37 heavy (non-hydrogen) atoms. The summed E-state index contributed by atoms with van der Waals surface area (Å²) >= 11 is 1.43. The van der Waals surface area contributed by atoms with E-state index in [0.717, 1.165) is 54.5 Å². The van der Waals surface area contributed by atoms with E-state index in [2.05, 4.69) is 0 Å². The fourth-order valence-corrected chi connectivity index (χ4v) is 7.90. The Morgan fingerprint density at radius 3 is 2.68 bits per heavy atom. The molecule has 2 atom stereocenters. The Balaban J connectivity index is 1.43. The van der Waals surface area contributed by atoms with E-state index in [1.807, 2.05) is 25.1 Å². The summed E-state index contributed by atoms with van der Waals surface area (Å²) in [6.07, 6.45) is 5.39. The number of aromatic nitrogens is 1. The monoisotopic (exact) mass is 543 g/mol. The minimum atomic E-state index is -3.61. The fourth-order valence-electron chi connectivity index (χ4n) is 5.13. The first-order chi connectivity index (χ1) is 17.9. The Hall–Kier alpha value is -2.53. The van der Waals surface area contributed by atoms with Crippen molar-refractivity contribution in [3.8, 4) is 5.75 Å². The normalized spacial score (nSPS) is 20.8. The average molecular weight is 544 g/mol. The van der Waals surface area contributed by atoms with Crippen LogP contribution in [-0.4, -0.2) is 62.6 Å². The number of carbonyl (C=O) groups is 1. The van der Waals surface area contributed by atoms with Gasteiger partial charge in [0.25, 0.3) is 5.91 Å². The van der Waals surface area contributed by atoms with Crippen LogP contribution in [0.3, 0.4) is 0 Å². The molecule has 0 spiro atoms. The number of fused-ring (bicyclic) bond motifs is 1. The quantitative estimate of drug-likeness (QED) is 0.394. The first-order valence-corrected chi connectivity index (χ1v) is 15.2. The molecule has 5 rings (SSSR count). The van der Waals surface area contributed by atoms with Gasteiger partial charge < -0.3 is 9.47 Å². The number of hydrogen-bond donors (Lipinski definition) is 0. The van der Waals surface area contributed by atoms with Crippen LogP contribution in [0.1, 0.15) is 55.8 Å². The van der Waals surface area contributed by atoms with Crippen LogP contribution in [0.5, 0.6) is 5.75 Å². The lowest BCUT2D eigenvalue weighted by Gasteiger charge is -2.34. The highest BCUT2D eigenvalue weighted by molar-refractivity contribution is 7.89. The zero-order chi connectivity index (χ0) is 26.0. The van der Waals surface area contributed by atoms with Crippen molar-refractivity contribution in [3.05, 3.63) is 48.0 Å². The molecule has 2 unspecified atom stereocenters. The SMILES string of the molecule is CCC1CCCCN1S(=O)(=O)c1ccc(C(=O)N(CC2CCCO2)c2nc3ccc(OC)cc3s2)cc1. The molecule has 0 saturated carbocycles. The maximum atomic E-state index is 13.7. The molecule has 1 aromatic heterocycles. The van der Waals surface area contributed by atoms with Gasteiger partial charge in [0.1, 0.15) is 5.75 Å². The third-order valence-electron chi connectivity index (χ3n) is 7.22. The van der Waals surface area contributed by atoms with E-state index < -0.39 is 10.0 Å². The number of ether oxygens (including phenoxy) is 2. The first kappa shape index (κ1) is 26.1. The van der Waals surface area contributed by atoms with Crippen LogP contribution in [0, 0.1) is 0 Å². The lowest BCUT2D eigenvalue weighted by atomic mass is 10.0. The highest BCUT2D eigenvalue weighted by atomic mass is 32.2. The fraction of sp³-hybridized carbons (Fsp3) is 0.481. The highest BCUT2D eigenvalue weighted by Gasteiger charge is 2.33. The van der Waals surface area contributed by atoms with Gasteiger partial charge in [-0.15, -0.1) is 0 Å². The molecule has 198 valence electrons.